The van der Waals surface area contributed by atoms with Crippen molar-refractivity contribution in [3.63, 3.8) is 0 Å². The second-order valence-electron chi connectivity index (χ2n) is 2.84. The highest BCUT2D eigenvalue weighted by molar-refractivity contribution is 6.30. The molecule has 0 aliphatic heterocycles. The second kappa shape index (κ2) is 5.38. The summed E-state index contributed by atoms with van der Waals surface area (Å²) in [6.07, 6.45) is 5.46. The molecule has 0 unspecified atom stereocenters. The summed E-state index contributed by atoms with van der Waals surface area (Å²) < 4.78 is 13.0. The van der Waals surface area contributed by atoms with Crippen LogP contribution in [0.5, 0.6) is 0 Å². The van der Waals surface area contributed by atoms with Crippen LogP contribution >= 0.6 is 11.6 Å². The van der Waals surface area contributed by atoms with Crippen molar-refractivity contribution >= 4 is 17.5 Å². The Morgan fingerprint density at radius 1 is 1.60 bits per heavy atom. The largest absolute Gasteiger partial charge is 0.351 e. The smallest absolute Gasteiger partial charge is 0.251 e. The van der Waals surface area contributed by atoms with Crippen molar-refractivity contribution < 1.29 is 9.18 Å². The molecule has 15 heavy (non-hydrogen) atoms. The van der Waals surface area contributed by atoms with E-state index in [2.05, 4.69) is 11.2 Å². The van der Waals surface area contributed by atoms with Crippen molar-refractivity contribution in [2.75, 3.05) is 6.54 Å². The van der Waals surface area contributed by atoms with Crippen molar-refractivity contribution in [1.82, 2.24) is 5.32 Å². The zero-order valence-corrected chi connectivity index (χ0v) is 8.64. The Hall–Kier alpha value is -1.53. The number of hydrogen-bond acceptors (Lipinski definition) is 1. The van der Waals surface area contributed by atoms with Crippen LogP contribution in [0, 0.1) is 18.2 Å². The third-order valence-electron chi connectivity index (χ3n) is 1.74. The van der Waals surface area contributed by atoms with E-state index in [0.717, 1.165) is 6.07 Å². The number of amides is 1. The lowest BCUT2D eigenvalue weighted by atomic mass is 10.2. The Balaban J connectivity index is 2.67. The lowest BCUT2D eigenvalue weighted by molar-refractivity contribution is 0.0954. The Kier molecular flexibility index (Phi) is 4.14. The van der Waals surface area contributed by atoms with Crippen LogP contribution in [0.4, 0.5) is 4.39 Å². The molecule has 0 fully saturated rings. The van der Waals surface area contributed by atoms with Gasteiger partial charge >= 0.3 is 0 Å². The first-order chi connectivity index (χ1) is 7.15. The maximum absolute atomic E-state index is 13.0. The molecule has 2 nitrogen and oxygen atoms in total. The van der Waals surface area contributed by atoms with Crippen LogP contribution in [0.2, 0.25) is 5.02 Å². The average molecular weight is 226 g/mol. The van der Waals surface area contributed by atoms with Gasteiger partial charge in [-0.05, 0) is 18.2 Å². The molecule has 1 aromatic rings. The van der Waals surface area contributed by atoms with Crippen LogP contribution in [0.25, 0.3) is 0 Å². The molecule has 0 aliphatic carbocycles. The summed E-state index contributed by atoms with van der Waals surface area (Å²) >= 11 is 5.48. The van der Waals surface area contributed by atoms with E-state index in [-0.39, 0.29) is 16.5 Å². The van der Waals surface area contributed by atoms with E-state index in [1.54, 1.807) is 0 Å². The topological polar surface area (TPSA) is 29.1 Å². The summed E-state index contributed by atoms with van der Waals surface area (Å²) in [7, 11) is 0. The average Bonchev–Trinajstić information content (AvgIpc) is 2.22. The standard InChI is InChI=1S/C11H9ClFNO/c1-2-3-6-14-11(15)8-4-5-9(12)10(13)7-8/h1,4-5,7H,3,6H2,(H,14,15). The van der Waals surface area contributed by atoms with E-state index >= 15 is 0 Å². The van der Waals surface area contributed by atoms with E-state index in [9.17, 15) is 9.18 Å². The fourth-order valence-corrected chi connectivity index (χ4v) is 1.11. The van der Waals surface area contributed by atoms with Crippen LogP contribution in [0.1, 0.15) is 16.8 Å². The predicted molar refractivity (Wildman–Crippen MR) is 57.2 cm³/mol. The SMILES string of the molecule is C#CCCNC(=O)c1ccc(Cl)c(F)c1. The van der Waals surface area contributed by atoms with Gasteiger partial charge in [0.05, 0.1) is 5.02 Å². The van der Waals surface area contributed by atoms with Crippen LogP contribution in [-0.4, -0.2) is 12.5 Å². The monoisotopic (exact) mass is 225 g/mol. The number of carbonyl (C=O) groups is 1. The molecule has 4 heteroatoms. The molecule has 0 heterocycles. The summed E-state index contributed by atoms with van der Waals surface area (Å²) in [4.78, 5) is 11.4. The second-order valence-corrected chi connectivity index (χ2v) is 3.25. The zero-order valence-electron chi connectivity index (χ0n) is 7.89. The molecule has 0 atom stereocenters. The Morgan fingerprint density at radius 2 is 2.33 bits per heavy atom. The molecule has 0 aliphatic rings. The maximum Gasteiger partial charge on any atom is 0.251 e. The van der Waals surface area contributed by atoms with Gasteiger partial charge in [-0.15, -0.1) is 12.3 Å². The molecular weight excluding hydrogens is 217 g/mol. The summed E-state index contributed by atoms with van der Waals surface area (Å²) in [6, 6.07) is 3.89. The van der Waals surface area contributed by atoms with E-state index in [1.807, 2.05) is 0 Å². The van der Waals surface area contributed by atoms with Crippen LogP contribution < -0.4 is 5.32 Å². The molecule has 1 N–H and O–H groups in total. The van der Waals surface area contributed by atoms with Crippen molar-refractivity contribution in [2.45, 2.75) is 6.42 Å². The molecular formula is C11H9ClFNO. The third kappa shape index (κ3) is 3.26. The fourth-order valence-electron chi connectivity index (χ4n) is 0.988. The predicted octanol–water partition coefficient (Wildman–Crippen LogP) is 2.23. The zero-order chi connectivity index (χ0) is 11.3. The quantitative estimate of drug-likeness (QED) is 0.620. The normalized spacial score (nSPS) is 9.40. The van der Waals surface area contributed by atoms with Crippen molar-refractivity contribution in [3.8, 4) is 12.3 Å². The molecule has 78 valence electrons. The summed E-state index contributed by atoms with van der Waals surface area (Å²) in [5.41, 5.74) is 0.230. The van der Waals surface area contributed by atoms with Gasteiger partial charge in [0.25, 0.3) is 5.91 Å². The Labute approximate surface area is 92.4 Å². The van der Waals surface area contributed by atoms with E-state index in [4.69, 9.17) is 18.0 Å². The van der Waals surface area contributed by atoms with Gasteiger partial charge in [-0.1, -0.05) is 11.6 Å². The number of terminal acetylenes is 1. The summed E-state index contributed by atoms with van der Waals surface area (Å²) in [5, 5.41) is 2.55. The molecule has 1 aromatic carbocycles. The number of hydrogen-bond donors (Lipinski definition) is 1. The van der Waals surface area contributed by atoms with Crippen molar-refractivity contribution in [3.05, 3.63) is 34.6 Å². The number of rotatable bonds is 3. The third-order valence-corrected chi connectivity index (χ3v) is 2.04. The van der Waals surface area contributed by atoms with Gasteiger partial charge in [-0.2, -0.15) is 0 Å². The van der Waals surface area contributed by atoms with Gasteiger partial charge in [-0.25, -0.2) is 4.39 Å². The Bertz CT molecular complexity index is 412. The minimum atomic E-state index is -0.610. The number of nitrogens with one attached hydrogen (secondary N) is 1. The Morgan fingerprint density at radius 3 is 2.93 bits per heavy atom. The lowest BCUT2D eigenvalue weighted by Crippen LogP contribution is -2.24. The van der Waals surface area contributed by atoms with Crippen molar-refractivity contribution in [1.29, 1.82) is 0 Å². The molecule has 1 amide bonds. The van der Waals surface area contributed by atoms with Crippen molar-refractivity contribution in [2.24, 2.45) is 0 Å². The summed E-state index contributed by atoms with van der Waals surface area (Å²) in [5.74, 6) is 1.41. The molecule has 0 aromatic heterocycles. The highest BCUT2D eigenvalue weighted by atomic mass is 35.5. The van der Waals surface area contributed by atoms with Crippen LogP contribution in [0.15, 0.2) is 18.2 Å². The molecule has 0 saturated carbocycles. The highest BCUT2D eigenvalue weighted by Crippen LogP contribution is 2.15. The molecule has 0 saturated heterocycles. The first-order valence-corrected chi connectivity index (χ1v) is 4.69. The number of carbonyl (C=O) groups excluding carboxylic acids is 1. The van der Waals surface area contributed by atoms with E-state index in [1.165, 1.54) is 12.1 Å². The molecule has 0 spiro atoms. The minimum absolute atomic E-state index is 0.00447. The highest BCUT2D eigenvalue weighted by Gasteiger charge is 2.07. The van der Waals surface area contributed by atoms with Gasteiger partial charge in [0.2, 0.25) is 0 Å². The number of benzene rings is 1. The fraction of sp³-hybridized carbons (Fsp3) is 0.182. The van der Waals surface area contributed by atoms with E-state index < -0.39 is 5.82 Å². The van der Waals surface area contributed by atoms with Gasteiger partial charge in [0.1, 0.15) is 5.82 Å². The van der Waals surface area contributed by atoms with Gasteiger partial charge in [0, 0.05) is 18.5 Å². The van der Waals surface area contributed by atoms with Gasteiger partial charge in [0.15, 0.2) is 0 Å². The maximum atomic E-state index is 13.0. The molecule has 0 radical (unpaired) electrons. The lowest BCUT2D eigenvalue weighted by Gasteiger charge is -2.03. The van der Waals surface area contributed by atoms with E-state index in [0.29, 0.717) is 13.0 Å². The van der Waals surface area contributed by atoms with Crippen LogP contribution in [-0.2, 0) is 0 Å². The minimum Gasteiger partial charge on any atom is -0.351 e. The number of halogens is 2. The van der Waals surface area contributed by atoms with Crippen LogP contribution in [0.3, 0.4) is 0 Å². The van der Waals surface area contributed by atoms with Gasteiger partial charge < -0.3 is 5.32 Å². The molecule has 1 rings (SSSR count). The van der Waals surface area contributed by atoms with Gasteiger partial charge in [-0.3, -0.25) is 4.79 Å². The summed E-state index contributed by atoms with van der Waals surface area (Å²) in [6.45, 7) is 0.375. The molecule has 0 bridgehead atoms. The first kappa shape index (κ1) is 11.5. The first-order valence-electron chi connectivity index (χ1n) is 4.32.